The number of rotatable bonds is 0. The first-order chi connectivity index (χ1) is 7.08. The van der Waals surface area contributed by atoms with Crippen molar-refractivity contribution in [1.29, 1.82) is 0 Å². The fraction of sp³-hybridized carbons (Fsp3) is 0.455. The molecular formula is C11H14F2N2. The minimum Gasteiger partial charge on any atom is -0.381 e. The van der Waals surface area contributed by atoms with Gasteiger partial charge in [0, 0.05) is 26.2 Å². The molecule has 0 aromatic heterocycles. The average molecular weight is 212 g/mol. The number of anilines is 2. The van der Waals surface area contributed by atoms with Gasteiger partial charge in [0.15, 0.2) is 5.82 Å². The van der Waals surface area contributed by atoms with Gasteiger partial charge in [0.1, 0.15) is 5.82 Å². The molecule has 0 aliphatic carbocycles. The molecule has 0 radical (unpaired) electrons. The fourth-order valence-electron chi connectivity index (χ4n) is 1.94. The summed E-state index contributed by atoms with van der Waals surface area (Å²) in [6.45, 7) is 3.58. The van der Waals surface area contributed by atoms with Crippen molar-refractivity contribution < 1.29 is 8.78 Å². The number of halogens is 2. The lowest BCUT2D eigenvalue weighted by molar-refractivity contribution is 0.585. The third-order valence-electron chi connectivity index (χ3n) is 2.66. The molecule has 1 heterocycles. The molecule has 1 atom stereocenters. The number of nitrogens with one attached hydrogen (secondary N) is 1. The second kappa shape index (κ2) is 3.68. The summed E-state index contributed by atoms with van der Waals surface area (Å²) in [4.78, 5) is 1.88. The molecule has 1 unspecified atom stereocenters. The third kappa shape index (κ3) is 1.89. The van der Waals surface area contributed by atoms with Crippen LogP contribution in [0.3, 0.4) is 0 Å². The highest BCUT2D eigenvalue weighted by molar-refractivity contribution is 5.71. The van der Waals surface area contributed by atoms with E-state index in [1.165, 1.54) is 6.07 Å². The molecule has 2 nitrogen and oxygen atoms in total. The van der Waals surface area contributed by atoms with Gasteiger partial charge in [-0.15, -0.1) is 0 Å². The summed E-state index contributed by atoms with van der Waals surface area (Å²) in [5.74, 6) is -0.648. The standard InChI is InChI=1S/C11H14F2N2/c1-7-5-14-11-9(13)3-8(12)4-10(11)15(2)6-7/h3-4,7,14H,5-6H2,1-2H3. The molecule has 15 heavy (non-hydrogen) atoms. The van der Waals surface area contributed by atoms with Crippen LogP contribution in [-0.2, 0) is 0 Å². The Morgan fingerprint density at radius 3 is 2.87 bits per heavy atom. The molecule has 2 rings (SSSR count). The van der Waals surface area contributed by atoms with Crippen LogP contribution in [0.4, 0.5) is 20.2 Å². The van der Waals surface area contributed by atoms with E-state index in [1.54, 1.807) is 0 Å². The van der Waals surface area contributed by atoms with Crippen LogP contribution in [-0.4, -0.2) is 20.1 Å². The second-order valence-electron chi connectivity index (χ2n) is 4.15. The molecule has 1 N–H and O–H groups in total. The summed E-state index contributed by atoms with van der Waals surface area (Å²) in [7, 11) is 1.85. The van der Waals surface area contributed by atoms with Crippen LogP contribution in [0.15, 0.2) is 12.1 Å². The van der Waals surface area contributed by atoms with Crippen LogP contribution in [0.5, 0.6) is 0 Å². The first kappa shape index (κ1) is 10.2. The zero-order chi connectivity index (χ0) is 11.0. The molecule has 0 saturated heterocycles. The van der Waals surface area contributed by atoms with Gasteiger partial charge in [-0.25, -0.2) is 8.78 Å². The molecule has 0 saturated carbocycles. The van der Waals surface area contributed by atoms with Gasteiger partial charge in [0.25, 0.3) is 0 Å². The van der Waals surface area contributed by atoms with Gasteiger partial charge in [-0.2, -0.15) is 0 Å². The van der Waals surface area contributed by atoms with Gasteiger partial charge in [-0.1, -0.05) is 6.92 Å². The van der Waals surface area contributed by atoms with Gasteiger partial charge in [0.2, 0.25) is 0 Å². The molecule has 0 spiro atoms. The van der Waals surface area contributed by atoms with Crippen LogP contribution < -0.4 is 10.2 Å². The number of hydrogen-bond acceptors (Lipinski definition) is 2. The van der Waals surface area contributed by atoms with Crippen molar-refractivity contribution in [1.82, 2.24) is 0 Å². The van der Waals surface area contributed by atoms with Crippen molar-refractivity contribution in [3.63, 3.8) is 0 Å². The summed E-state index contributed by atoms with van der Waals surface area (Å²) < 4.78 is 26.5. The minimum absolute atomic E-state index is 0.406. The first-order valence-electron chi connectivity index (χ1n) is 5.02. The van der Waals surface area contributed by atoms with E-state index in [0.29, 0.717) is 23.8 Å². The van der Waals surface area contributed by atoms with Crippen LogP contribution >= 0.6 is 0 Å². The summed E-state index contributed by atoms with van der Waals surface area (Å²) in [5.41, 5.74) is 1.00. The lowest BCUT2D eigenvalue weighted by atomic mass is 10.2. The molecule has 1 aliphatic heterocycles. The highest BCUT2D eigenvalue weighted by atomic mass is 19.1. The Kier molecular flexibility index (Phi) is 2.50. The zero-order valence-corrected chi connectivity index (χ0v) is 8.85. The molecule has 0 amide bonds. The number of benzene rings is 1. The van der Waals surface area contributed by atoms with Crippen molar-refractivity contribution in [2.75, 3.05) is 30.4 Å². The van der Waals surface area contributed by atoms with Crippen molar-refractivity contribution in [3.8, 4) is 0 Å². The minimum atomic E-state index is -0.533. The lowest BCUT2D eigenvalue weighted by Gasteiger charge is -2.20. The molecule has 0 fully saturated rings. The van der Waals surface area contributed by atoms with E-state index in [2.05, 4.69) is 12.2 Å². The normalized spacial score (nSPS) is 20.5. The Morgan fingerprint density at radius 2 is 2.13 bits per heavy atom. The summed E-state index contributed by atoms with van der Waals surface area (Å²) in [6, 6.07) is 2.28. The SMILES string of the molecule is CC1CNc2c(F)cc(F)cc2N(C)C1. The number of nitrogens with zero attached hydrogens (tertiary/aromatic N) is 1. The maximum Gasteiger partial charge on any atom is 0.151 e. The van der Waals surface area contributed by atoms with Crippen molar-refractivity contribution in [3.05, 3.63) is 23.8 Å². The molecule has 1 aromatic carbocycles. The number of hydrogen-bond donors (Lipinski definition) is 1. The summed E-state index contributed by atoms with van der Waals surface area (Å²) in [5, 5.41) is 3.02. The van der Waals surface area contributed by atoms with E-state index in [9.17, 15) is 8.78 Å². The van der Waals surface area contributed by atoms with Crippen LogP contribution in [0.1, 0.15) is 6.92 Å². The molecule has 1 aliphatic rings. The summed E-state index contributed by atoms with van der Waals surface area (Å²) in [6.07, 6.45) is 0. The second-order valence-corrected chi connectivity index (χ2v) is 4.15. The molecule has 4 heteroatoms. The Hall–Kier alpha value is -1.32. The Bertz CT molecular complexity index is 379. The summed E-state index contributed by atoms with van der Waals surface area (Å²) >= 11 is 0. The molecule has 1 aromatic rings. The van der Waals surface area contributed by atoms with E-state index in [0.717, 1.165) is 12.6 Å². The van der Waals surface area contributed by atoms with E-state index < -0.39 is 11.6 Å². The van der Waals surface area contributed by atoms with Crippen molar-refractivity contribution >= 4 is 11.4 Å². The predicted molar refractivity (Wildman–Crippen MR) is 57.3 cm³/mol. The van der Waals surface area contributed by atoms with E-state index in [-0.39, 0.29) is 0 Å². The van der Waals surface area contributed by atoms with Gasteiger partial charge >= 0.3 is 0 Å². The van der Waals surface area contributed by atoms with E-state index in [1.807, 2.05) is 11.9 Å². The Morgan fingerprint density at radius 1 is 1.40 bits per heavy atom. The van der Waals surface area contributed by atoms with Gasteiger partial charge in [-0.3, -0.25) is 0 Å². The average Bonchev–Trinajstić information content (AvgIpc) is 2.27. The largest absolute Gasteiger partial charge is 0.381 e. The Labute approximate surface area is 87.9 Å². The van der Waals surface area contributed by atoms with E-state index >= 15 is 0 Å². The first-order valence-corrected chi connectivity index (χ1v) is 5.02. The number of fused-ring (bicyclic) bond motifs is 1. The van der Waals surface area contributed by atoms with Crippen LogP contribution in [0.25, 0.3) is 0 Å². The lowest BCUT2D eigenvalue weighted by Crippen LogP contribution is -2.24. The monoisotopic (exact) mass is 212 g/mol. The fourth-order valence-corrected chi connectivity index (χ4v) is 1.94. The quantitative estimate of drug-likeness (QED) is 0.710. The molecular weight excluding hydrogens is 198 g/mol. The molecule has 82 valence electrons. The predicted octanol–water partition coefficient (Wildman–Crippen LogP) is 2.46. The highest BCUT2D eigenvalue weighted by Gasteiger charge is 2.20. The Balaban J connectivity index is 2.48. The maximum atomic E-state index is 13.5. The zero-order valence-electron chi connectivity index (χ0n) is 8.85. The molecule has 0 bridgehead atoms. The van der Waals surface area contributed by atoms with Crippen molar-refractivity contribution in [2.45, 2.75) is 6.92 Å². The topological polar surface area (TPSA) is 15.3 Å². The smallest absolute Gasteiger partial charge is 0.151 e. The van der Waals surface area contributed by atoms with Crippen molar-refractivity contribution in [2.24, 2.45) is 5.92 Å². The van der Waals surface area contributed by atoms with Gasteiger partial charge < -0.3 is 10.2 Å². The van der Waals surface area contributed by atoms with Crippen LogP contribution in [0.2, 0.25) is 0 Å². The maximum absolute atomic E-state index is 13.5. The third-order valence-corrected chi connectivity index (χ3v) is 2.66. The van der Waals surface area contributed by atoms with E-state index in [4.69, 9.17) is 0 Å². The van der Waals surface area contributed by atoms with Crippen LogP contribution in [0, 0.1) is 17.6 Å². The van der Waals surface area contributed by atoms with Gasteiger partial charge in [0.05, 0.1) is 11.4 Å². The highest BCUT2D eigenvalue weighted by Crippen LogP contribution is 2.31. The van der Waals surface area contributed by atoms with Gasteiger partial charge in [-0.05, 0) is 12.0 Å².